The van der Waals surface area contributed by atoms with Crippen molar-refractivity contribution in [3.63, 3.8) is 0 Å². The van der Waals surface area contributed by atoms with Crippen LogP contribution in [0.2, 0.25) is 0 Å². The van der Waals surface area contributed by atoms with Gasteiger partial charge in [0.1, 0.15) is 0 Å². The number of benzene rings is 1. The molecule has 4 nitrogen and oxygen atoms in total. The number of halogens is 1. The van der Waals surface area contributed by atoms with Gasteiger partial charge < -0.3 is 16.2 Å². The van der Waals surface area contributed by atoms with Gasteiger partial charge in [-0.05, 0) is 30.4 Å². The Morgan fingerprint density at radius 3 is 2.53 bits per heavy atom. The van der Waals surface area contributed by atoms with E-state index in [4.69, 9.17) is 10.8 Å². The Kier molecular flexibility index (Phi) is 8.75. The first kappa shape index (κ1) is 18.2. The molecule has 0 fully saturated rings. The molecular formula is C14H24IN3O. The highest BCUT2D eigenvalue weighted by Gasteiger charge is 2.15. The third-order valence-corrected chi connectivity index (χ3v) is 2.77. The van der Waals surface area contributed by atoms with E-state index in [1.165, 1.54) is 0 Å². The Labute approximate surface area is 132 Å². The van der Waals surface area contributed by atoms with E-state index in [1.807, 2.05) is 44.2 Å². The van der Waals surface area contributed by atoms with Crippen molar-refractivity contribution in [2.75, 3.05) is 18.5 Å². The van der Waals surface area contributed by atoms with Crippen LogP contribution in [0, 0.1) is 5.41 Å². The second kappa shape index (κ2) is 9.14. The first-order valence-corrected chi connectivity index (χ1v) is 6.26. The first-order chi connectivity index (χ1) is 8.53. The minimum Gasteiger partial charge on any atom is -0.396 e. The average molecular weight is 377 g/mol. The van der Waals surface area contributed by atoms with Gasteiger partial charge in [-0.25, -0.2) is 0 Å². The maximum Gasteiger partial charge on any atom is 0.193 e. The van der Waals surface area contributed by atoms with Crippen molar-refractivity contribution < 1.29 is 5.11 Å². The van der Waals surface area contributed by atoms with Crippen LogP contribution in [0.1, 0.15) is 26.7 Å². The number of rotatable bonds is 6. The van der Waals surface area contributed by atoms with Crippen LogP contribution < -0.4 is 11.1 Å². The molecule has 0 saturated carbocycles. The number of nitrogens with one attached hydrogen (secondary N) is 1. The van der Waals surface area contributed by atoms with Crippen molar-refractivity contribution in [1.29, 1.82) is 0 Å². The molecule has 0 unspecified atom stereocenters. The van der Waals surface area contributed by atoms with Gasteiger partial charge in [0, 0.05) is 18.8 Å². The number of aliphatic hydroxyl groups is 1. The fraction of sp³-hybridized carbons (Fsp3) is 0.500. The number of aliphatic hydroxyl groups excluding tert-OH is 1. The fourth-order valence-corrected chi connectivity index (χ4v) is 1.55. The summed E-state index contributed by atoms with van der Waals surface area (Å²) in [6.45, 7) is 4.97. The Morgan fingerprint density at radius 2 is 1.95 bits per heavy atom. The van der Waals surface area contributed by atoms with E-state index in [-0.39, 0.29) is 36.0 Å². The molecule has 0 atom stereocenters. The SMILES string of the molecule is CC(C)(CO)CCCN=C(N)Nc1ccccc1.I. The molecule has 0 aliphatic carbocycles. The minimum absolute atomic E-state index is 0. The highest BCUT2D eigenvalue weighted by molar-refractivity contribution is 14.0. The van der Waals surface area contributed by atoms with E-state index < -0.39 is 0 Å². The predicted molar refractivity (Wildman–Crippen MR) is 92.1 cm³/mol. The predicted octanol–water partition coefficient (Wildman–Crippen LogP) is 2.83. The molecule has 0 saturated heterocycles. The van der Waals surface area contributed by atoms with Crippen molar-refractivity contribution in [2.24, 2.45) is 16.1 Å². The Balaban J connectivity index is 0.00000324. The summed E-state index contributed by atoms with van der Waals surface area (Å²) in [6, 6.07) is 9.72. The van der Waals surface area contributed by atoms with Gasteiger partial charge in [-0.15, -0.1) is 24.0 Å². The molecule has 19 heavy (non-hydrogen) atoms. The third kappa shape index (κ3) is 8.05. The van der Waals surface area contributed by atoms with Crippen LogP contribution in [0.5, 0.6) is 0 Å². The van der Waals surface area contributed by atoms with Crippen molar-refractivity contribution in [1.82, 2.24) is 0 Å². The smallest absolute Gasteiger partial charge is 0.193 e. The molecule has 1 aromatic carbocycles. The molecule has 0 radical (unpaired) electrons. The lowest BCUT2D eigenvalue weighted by molar-refractivity contribution is 0.149. The molecule has 0 spiro atoms. The molecule has 0 aliphatic rings. The van der Waals surface area contributed by atoms with Crippen molar-refractivity contribution in [3.05, 3.63) is 30.3 Å². The molecule has 0 aromatic heterocycles. The summed E-state index contributed by atoms with van der Waals surface area (Å²) in [4.78, 5) is 4.26. The van der Waals surface area contributed by atoms with Gasteiger partial charge in [0.25, 0.3) is 0 Å². The number of guanidine groups is 1. The van der Waals surface area contributed by atoms with Crippen LogP contribution in [0.25, 0.3) is 0 Å². The van der Waals surface area contributed by atoms with Gasteiger partial charge in [-0.2, -0.15) is 0 Å². The number of aliphatic imine (C=N–C) groups is 1. The normalized spacial score (nSPS) is 11.8. The molecule has 108 valence electrons. The van der Waals surface area contributed by atoms with Crippen LogP contribution >= 0.6 is 24.0 Å². The highest BCUT2D eigenvalue weighted by atomic mass is 127. The third-order valence-electron chi connectivity index (χ3n) is 2.77. The average Bonchev–Trinajstić information content (AvgIpc) is 2.36. The molecule has 1 rings (SSSR count). The van der Waals surface area contributed by atoms with Crippen molar-refractivity contribution >= 4 is 35.6 Å². The zero-order chi connectivity index (χ0) is 13.4. The molecule has 0 heterocycles. The van der Waals surface area contributed by atoms with Gasteiger partial charge in [-0.1, -0.05) is 32.0 Å². The number of nitrogens with zero attached hydrogens (tertiary/aromatic N) is 1. The van der Waals surface area contributed by atoms with Crippen LogP contribution in [-0.2, 0) is 0 Å². The second-order valence-electron chi connectivity index (χ2n) is 5.18. The molecule has 5 heteroatoms. The van der Waals surface area contributed by atoms with Crippen LogP contribution in [0.3, 0.4) is 0 Å². The van der Waals surface area contributed by atoms with Gasteiger partial charge in [0.2, 0.25) is 0 Å². The van der Waals surface area contributed by atoms with Gasteiger partial charge in [0.15, 0.2) is 5.96 Å². The lowest BCUT2D eigenvalue weighted by atomic mass is 9.89. The van der Waals surface area contributed by atoms with Crippen molar-refractivity contribution in [3.8, 4) is 0 Å². The maximum absolute atomic E-state index is 9.12. The van der Waals surface area contributed by atoms with E-state index >= 15 is 0 Å². The maximum atomic E-state index is 9.12. The molecule has 0 aliphatic heterocycles. The van der Waals surface area contributed by atoms with E-state index in [2.05, 4.69) is 10.3 Å². The summed E-state index contributed by atoms with van der Waals surface area (Å²) < 4.78 is 0. The zero-order valence-corrected chi connectivity index (χ0v) is 13.9. The lowest BCUT2D eigenvalue weighted by Crippen LogP contribution is -2.23. The van der Waals surface area contributed by atoms with Gasteiger partial charge in [0.05, 0.1) is 0 Å². The number of nitrogens with two attached hydrogens (primary N) is 1. The molecular weight excluding hydrogens is 353 g/mol. The Bertz CT molecular complexity index is 380. The summed E-state index contributed by atoms with van der Waals surface area (Å²) in [7, 11) is 0. The standard InChI is InChI=1S/C14H23N3O.HI/c1-14(2,11-18)9-6-10-16-13(15)17-12-7-4-3-5-8-12;/h3-5,7-8,18H,6,9-11H2,1-2H3,(H3,15,16,17);1H. The van der Waals surface area contributed by atoms with E-state index in [9.17, 15) is 0 Å². The monoisotopic (exact) mass is 377 g/mol. The van der Waals surface area contributed by atoms with Crippen molar-refractivity contribution in [2.45, 2.75) is 26.7 Å². The number of para-hydroxylation sites is 1. The minimum atomic E-state index is -0.0306. The van der Waals surface area contributed by atoms with E-state index in [1.54, 1.807) is 0 Å². The summed E-state index contributed by atoms with van der Waals surface area (Å²) in [6.07, 6.45) is 1.86. The van der Waals surface area contributed by atoms with Crippen LogP contribution in [0.4, 0.5) is 5.69 Å². The second-order valence-corrected chi connectivity index (χ2v) is 5.18. The van der Waals surface area contributed by atoms with Gasteiger partial charge >= 0.3 is 0 Å². The molecule has 4 N–H and O–H groups in total. The van der Waals surface area contributed by atoms with Crippen LogP contribution in [-0.4, -0.2) is 24.2 Å². The number of hydrogen-bond acceptors (Lipinski definition) is 2. The van der Waals surface area contributed by atoms with Crippen LogP contribution in [0.15, 0.2) is 35.3 Å². The summed E-state index contributed by atoms with van der Waals surface area (Å²) in [5, 5.41) is 12.2. The first-order valence-electron chi connectivity index (χ1n) is 6.26. The van der Waals surface area contributed by atoms with E-state index in [0.29, 0.717) is 12.5 Å². The lowest BCUT2D eigenvalue weighted by Gasteiger charge is -2.20. The summed E-state index contributed by atoms with van der Waals surface area (Å²) in [5.74, 6) is 0.433. The van der Waals surface area contributed by atoms with Gasteiger partial charge in [-0.3, -0.25) is 4.99 Å². The largest absolute Gasteiger partial charge is 0.396 e. The molecule has 1 aromatic rings. The highest BCUT2D eigenvalue weighted by Crippen LogP contribution is 2.20. The number of anilines is 1. The fourth-order valence-electron chi connectivity index (χ4n) is 1.55. The Morgan fingerprint density at radius 1 is 1.32 bits per heavy atom. The number of hydrogen-bond donors (Lipinski definition) is 3. The quantitative estimate of drug-likeness (QED) is 0.309. The Hall–Kier alpha value is -0.820. The summed E-state index contributed by atoms with van der Waals surface area (Å²) in [5.41, 5.74) is 6.69. The molecule has 0 bridgehead atoms. The summed E-state index contributed by atoms with van der Waals surface area (Å²) >= 11 is 0. The topological polar surface area (TPSA) is 70.6 Å². The zero-order valence-electron chi connectivity index (χ0n) is 11.6. The molecule has 0 amide bonds. The van der Waals surface area contributed by atoms with E-state index in [0.717, 1.165) is 18.5 Å².